The number of hydrogen-bond acceptors (Lipinski definition) is 2. The van der Waals surface area contributed by atoms with Crippen LogP contribution in [0.25, 0.3) is 0 Å². The van der Waals surface area contributed by atoms with Gasteiger partial charge in [-0.2, -0.15) is 0 Å². The van der Waals surface area contributed by atoms with Gasteiger partial charge in [-0.25, -0.2) is 4.98 Å². The van der Waals surface area contributed by atoms with E-state index in [1.165, 1.54) is 24.8 Å². The molecule has 1 heterocycles. The zero-order valence-corrected chi connectivity index (χ0v) is 13.0. The van der Waals surface area contributed by atoms with Crippen LogP contribution in [0.5, 0.6) is 0 Å². The third-order valence-electron chi connectivity index (χ3n) is 6.23. The molecule has 2 fully saturated rings. The molecule has 0 radical (unpaired) electrons. The highest BCUT2D eigenvalue weighted by molar-refractivity contribution is 6.32. The van der Waals surface area contributed by atoms with Crippen LogP contribution in [-0.2, 0) is 0 Å². The molecule has 0 amide bonds. The molecule has 0 aromatic carbocycles. The smallest absolute Gasteiger partial charge is 0.152 e. The second kappa shape index (κ2) is 4.12. The predicted molar refractivity (Wildman–Crippen MR) is 80.6 cm³/mol. The van der Waals surface area contributed by atoms with E-state index in [1.807, 2.05) is 6.07 Å². The number of pyridine rings is 1. The number of halogens is 1. The molecule has 2 saturated carbocycles. The number of fused-ring (bicyclic) bond motifs is 2. The van der Waals surface area contributed by atoms with Gasteiger partial charge in [0.15, 0.2) is 5.15 Å². The van der Waals surface area contributed by atoms with E-state index >= 15 is 0 Å². The summed E-state index contributed by atoms with van der Waals surface area (Å²) in [6.07, 6.45) is 5.73. The summed E-state index contributed by atoms with van der Waals surface area (Å²) >= 11 is 6.25. The molecular formula is C16H23ClN2. The molecule has 19 heavy (non-hydrogen) atoms. The Labute approximate surface area is 121 Å². The Hall–Kier alpha value is -0.760. The number of nitrogens with one attached hydrogen (secondary N) is 1. The molecule has 0 saturated heterocycles. The van der Waals surface area contributed by atoms with Gasteiger partial charge in [0.2, 0.25) is 0 Å². The Morgan fingerprint density at radius 2 is 2.11 bits per heavy atom. The average molecular weight is 279 g/mol. The molecular weight excluding hydrogens is 256 g/mol. The first-order valence-electron chi connectivity index (χ1n) is 7.24. The standard InChI is InChI=1S/C16H23ClN2/c1-10-6-8-18-14(17)13(10)19-12-9-11-5-7-16(12,4)15(11,2)3/h6,8,11-12,19H,5,7,9H2,1-4H3. The maximum absolute atomic E-state index is 6.25. The summed E-state index contributed by atoms with van der Waals surface area (Å²) in [5, 5.41) is 4.31. The fourth-order valence-electron chi connectivity index (χ4n) is 4.29. The number of rotatable bonds is 2. The van der Waals surface area contributed by atoms with Crippen LogP contribution in [0.4, 0.5) is 5.69 Å². The summed E-state index contributed by atoms with van der Waals surface area (Å²) in [6.45, 7) is 9.40. The molecule has 3 heteroatoms. The fourth-order valence-corrected chi connectivity index (χ4v) is 4.55. The first-order valence-corrected chi connectivity index (χ1v) is 7.62. The Morgan fingerprint density at radius 3 is 2.63 bits per heavy atom. The van der Waals surface area contributed by atoms with Crippen molar-refractivity contribution >= 4 is 17.3 Å². The lowest BCUT2D eigenvalue weighted by atomic mass is 9.69. The van der Waals surface area contributed by atoms with Gasteiger partial charge in [0, 0.05) is 12.2 Å². The van der Waals surface area contributed by atoms with Crippen molar-refractivity contribution in [2.75, 3.05) is 5.32 Å². The third kappa shape index (κ3) is 1.72. The second-order valence-electron chi connectivity index (χ2n) is 7.10. The van der Waals surface area contributed by atoms with Crippen molar-refractivity contribution in [3.8, 4) is 0 Å². The van der Waals surface area contributed by atoms with Crippen molar-refractivity contribution in [2.45, 2.75) is 53.0 Å². The first kappa shape index (κ1) is 13.2. The number of anilines is 1. The van der Waals surface area contributed by atoms with Gasteiger partial charge < -0.3 is 5.32 Å². The van der Waals surface area contributed by atoms with E-state index in [-0.39, 0.29) is 0 Å². The zero-order valence-electron chi connectivity index (χ0n) is 12.3. The normalized spacial score (nSPS) is 35.6. The molecule has 3 atom stereocenters. The summed E-state index contributed by atoms with van der Waals surface area (Å²) in [7, 11) is 0. The molecule has 0 spiro atoms. The van der Waals surface area contributed by atoms with E-state index in [4.69, 9.17) is 11.6 Å². The zero-order chi connectivity index (χ0) is 13.8. The third-order valence-corrected chi connectivity index (χ3v) is 6.51. The number of nitrogens with zero attached hydrogens (tertiary/aromatic N) is 1. The van der Waals surface area contributed by atoms with Crippen LogP contribution in [0.3, 0.4) is 0 Å². The summed E-state index contributed by atoms with van der Waals surface area (Å²) in [5.74, 6) is 0.839. The van der Waals surface area contributed by atoms with Gasteiger partial charge in [-0.3, -0.25) is 0 Å². The Balaban J connectivity index is 1.90. The second-order valence-corrected chi connectivity index (χ2v) is 7.46. The van der Waals surface area contributed by atoms with E-state index in [0.29, 0.717) is 22.0 Å². The molecule has 1 aromatic heterocycles. The van der Waals surface area contributed by atoms with Crippen molar-refractivity contribution in [2.24, 2.45) is 16.7 Å². The number of hydrogen-bond donors (Lipinski definition) is 1. The van der Waals surface area contributed by atoms with Gasteiger partial charge in [0.1, 0.15) is 0 Å². The van der Waals surface area contributed by atoms with Gasteiger partial charge in [-0.05, 0) is 54.6 Å². The number of aromatic nitrogens is 1. The van der Waals surface area contributed by atoms with Gasteiger partial charge in [-0.15, -0.1) is 0 Å². The molecule has 1 aromatic rings. The van der Waals surface area contributed by atoms with Crippen LogP contribution < -0.4 is 5.32 Å². The first-order chi connectivity index (χ1) is 8.86. The highest BCUT2D eigenvalue weighted by Gasteiger charge is 2.61. The monoisotopic (exact) mass is 278 g/mol. The molecule has 3 unspecified atom stereocenters. The van der Waals surface area contributed by atoms with Crippen LogP contribution in [0.15, 0.2) is 12.3 Å². The minimum Gasteiger partial charge on any atom is -0.379 e. The van der Waals surface area contributed by atoms with Crippen molar-refractivity contribution in [3.63, 3.8) is 0 Å². The SMILES string of the molecule is Cc1ccnc(Cl)c1NC1CC2CCC1(C)C2(C)C. The Kier molecular flexibility index (Phi) is 2.87. The lowest BCUT2D eigenvalue weighted by molar-refractivity contribution is 0.142. The van der Waals surface area contributed by atoms with Crippen molar-refractivity contribution < 1.29 is 0 Å². The van der Waals surface area contributed by atoms with Crippen LogP contribution in [-0.4, -0.2) is 11.0 Å². The van der Waals surface area contributed by atoms with E-state index in [9.17, 15) is 0 Å². The maximum Gasteiger partial charge on any atom is 0.152 e. The van der Waals surface area contributed by atoms with E-state index in [2.05, 4.69) is 38.0 Å². The van der Waals surface area contributed by atoms with Crippen LogP contribution >= 0.6 is 11.6 Å². The van der Waals surface area contributed by atoms with E-state index in [1.54, 1.807) is 6.20 Å². The number of aryl methyl sites for hydroxylation is 1. The minimum atomic E-state index is 0.364. The fraction of sp³-hybridized carbons (Fsp3) is 0.688. The van der Waals surface area contributed by atoms with Gasteiger partial charge in [0.25, 0.3) is 0 Å². The Bertz CT molecular complexity index is 491. The predicted octanol–water partition coefficient (Wildman–Crippen LogP) is 4.67. The molecule has 2 bridgehead atoms. The quantitative estimate of drug-likeness (QED) is 0.795. The lowest BCUT2D eigenvalue weighted by Crippen LogP contribution is -2.40. The van der Waals surface area contributed by atoms with Gasteiger partial charge in [-0.1, -0.05) is 32.4 Å². The summed E-state index contributed by atoms with van der Waals surface area (Å²) in [4.78, 5) is 4.21. The highest BCUT2D eigenvalue weighted by Crippen LogP contribution is 2.66. The highest BCUT2D eigenvalue weighted by atomic mass is 35.5. The molecule has 2 aliphatic rings. The van der Waals surface area contributed by atoms with Crippen molar-refractivity contribution in [1.82, 2.24) is 4.98 Å². The average Bonchev–Trinajstić information content (AvgIpc) is 2.67. The van der Waals surface area contributed by atoms with Gasteiger partial charge >= 0.3 is 0 Å². The molecule has 3 rings (SSSR count). The van der Waals surface area contributed by atoms with Crippen LogP contribution in [0.1, 0.15) is 45.6 Å². The van der Waals surface area contributed by atoms with Crippen molar-refractivity contribution in [1.29, 1.82) is 0 Å². The summed E-state index contributed by atoms with van der Waals surface area (Å²) in [5.41, 5.74) is 3.00. The molecule has 2 nitrogen and oxygen atoms in total. The maximum atomic E-state index is 6.25. The largest absolute Gasteiger partial charge is 0.379 e. The molecule has 104 valence electrons. The molecule has 0 aliphatic heterocycles. The van der Waals surface area contributed by atoms with Crippen LogP contribution in [0, 0.1) is 23.7 Å². The molecule has 2 aliphatic carbocycles. The minimum absolute atomic E-state index is 0.364. The lowest BCUT2D eigenvalue weighted by Gasteiger charge is -2.40. The van der Waals surface area contributed by atoms with Gasteiger partial charge in [0.05, 0.1) is 5.69 Å². The topological polar surface area (TPSA) is 24.9 Å². The van der Waals surface area contributed by atoms with Crippen molar-refractivity contribution in [3.05, 3.63) is 23.0 Å². The summed E-state index contributed by atoms with van der Waals surface area (Å²) < 4.78 is 0. The summed E-state index contributed by atoms with van der Waals surface area (Å²) in [6, 6.07) is 2.54. The Morgan fingerprint density at radius 1 is 1.37 bits per heavy atom. The molecule has 1 N–H and O–H groups in total. The van der Waals surface area contributed by atoms with E-state index < -0.39 is 0 Å². The van der Waals surface area contributed by atoms with Crippen LogP contribution in [0.2, 0.25) is 5.15 Å². The van der Waals surface area contributed by atoms with E-state index in [0.717, 1.165) is 11.6 Å².